The number of anilines is 1. The number of benzene rings is 2. The van der Waals surface area contributed by atoms with E-state index >= 15 is 0 Å². The van der Waals surface area contributed by atoms with E-state index in [2.05, 4.69) is 4.72 Å². The van der Waals surface area contributed by atoms with Crippen LogP contribution < -0.4 is 14.4 Å². The van der Waals surface area contributed by atoms with E-state index in [4.69, 9.17) is 4.74 Å². The summed E-state index contributed by atoms with van der Waals surface area (Å²) < 4.78 is 33.4. The monoisotopic (exact) mass is 400 g/mol. The van der Waals surface area contributed by atoms with Crippen LogP contribution in [0.3, 0.4) is 0 Å². The van der Waals surface area contributed by atoms with Crippen molar-refractivity contribution < 1.29 is 17.9 Å². The van der Waals surface area contributed by atoms with Crippen molar-refractivity contribution in [2.75, 3.05) is 18.6 Å². The third-order valence-electron chi connectivity index (χ3n) is 5.50. The molecular formula is C21H24N2O4S. The molecule has 2 aliphatic rings. The lowest BCUT2D eigenvalue weighted by molar-refractivity contribution is 0.0989. The fraction of sp³-hybridized carbons (Fsp3) is 0.381. The number of ether oxygens (including phenoxy) is 1. The normalized spacial score (nSPS) is 17.0. The van der Waals surface area contributed by atoms with Crippen molar-refractivity contribution in [1.82, 2.24) is 4.72 Å². The van der Waals surface area contributed by atoms with Crippen LogP contribution in [0.15, 0.2) is 47.4 Å². The fourth-order valence-electron chi connectivity index (χ4n) is 4.00. The average Bonchev–Trinajstić information content (AvgIpc) is 3.36. The van der Waals surface area contributed by atoms with E-state index in [1.54, 1.807) is 54.5 Å². The van der Waals surface area contributed by atoms with Gasteiger partial charge in [0.05, 0.1) is 12.0 Å². The lowest BCUT2D eigenvalue weighted by Crippen LogP contribution is -2.32. The molecule has 7 heteroatoms. The number of hydrogen-bond acceptors (Lipinski definition) is 4. The lowest BCUT2D eigenvalue weighted by Gasteiger charge is -2.18. The van der Waals surface area contributed by atoms with Crippen LogP contribution in [-0.2, 0) is 16.4 Å². The molecule has 148 valence electrons. The van der Waals surface area contributed by atoms with Crippen molar-refractivity contribution in [2.24, 2.45) is 0 Å². The maximum absolute atomic E-state index is 12.9. The maximum atomic E-state index is 12.9. The van der Waals surface area contributed by atoms with Gasteiger partial charge in [-0.1, -0.05) is 18.9 Å². The van der Waals surface area contributed by atoms with E-state index in [-0.39, 0.29) is 16.8 Å². The van der Waals surface area contributed by atoms with Gasteiger partial charge in [0, 0.05) is 23.8 Å². The number of rotatable bonds is 5. The molecule has 1 N–H and O–H groups in total. The number of sulfonamides is 1. The van der Waals surface area contributed by atoms with Crippen LogP contribution >= 0.6 is 0 Å². The first kappa shape index (κ1) is 19.0. The largest absolute Gasteiger partial charge is 0.497 e. The zero-order valence-electron chi connectivity index (χ0n) is 15.8. The summed E-state index contributed by atoms with van der Waals surface area (Å²) in [7, 11) is -1.97. The van der Waals surface area contributed by atoms with Gasteiger partial charge in [0.15, 0.2) is 0 Å². The first-order chi connectivity index (χ1) is 13.5. The first-order valence-corrected chi connectivity index (χ1v) is 11.1. The molecule has 4 rings (SSSR count). The fourth-order valence-corrected chi connectivity index (χ4v) is 5.35. The number of hydrogen-bond donors (Lipinski definition) is 1. The summed E-state index contributed by atoms with van der Waals surface area (Å²) in [6, 6.07) is 12.1. The third kappa shape index (κ3) is 3.64. The Hall–Kier alpha value is -2.38. The van der Waals surface area contributed by atoms with Crippen LogP contribution in [0.25, 0.3) is 0 Å². The maximum Gasteiger partial charge on any atom is 0.258 e. The second-order valence-electron chi connectivity index (χ2n) is 7.33. The standard InChI is InChI=1S/C21H24N2O4S/c1-27-18-8-4-5-16(13-18)21(24)23-12-11-15-14-19(9-10-20(15)23)28(25,26)22-17-6-2-3-7-17/h4-5,8-10,13-14,17,22H,2-3,6-7,11-12H2,1H3. The number of methoxy groups -OCH3 is 1. The van der Waals surface area contributed by atoms with Crippen molar-refractivity contribution in [2.45, 2.75) is 43.0 Å². The predicted octanol–water partition coefficient (Wildman–Crippen LogP) is 3.12. The Labute approximate surface area is 165 Å². The van der Waals surface area contributed by atoms with Gasteiger partial charge in [0.1, 0.15) is 5.75 Å². The highest BCUT2D eigenvalue weighted by Crippen LogP contribution is 2.32. The highest BCUT2D eigenvalue weighted by atomic mass is 32.2. The van der Waals surface area contributed by atoms with Crippen LogP contribution in [0.4, 0.5) is 5.69 Å². The minimum atomic E-state index is -3.53. The summed E-state index contributed by atoms with van der Waals surface area (Å²) in [4.78, 5) is 14.9. The highest BCUT2D eigenvalue weighted by molar-refractivity contribution is 7.89. The van der Waals surface area contributed by atoms with E-state index in [9.17, 15) is 13.2 Å². The molecule has 0 spiro atoms. The number of carbonyl (C=O) groups is 1. The zero-order chi connectivity index (χ0) is 19.7. The molecule has 1 fully saturated rings. The summed E-state index contributed by atoms with van der Waals surface area (Å²) in [6.45, 7) is 0.533. The topological polar surface area (TPSA) is 75.7 Å². The Kier molecular flexibility index (Phi) is 5.12. The van der Waals surface area contributed by atoms with Gasteiger partial charge >= 0.3 is 0 Å². The minimum absolute atomic E-state index is 0.0318. The van der Waals surface area contributed by atoms with Crippen molar-refractivity contribution in [1.29, 1.82) is 0 Å². The summed E-state index contributed by atoms with van der Waals surface area (Å²) >= 11 is 0. The van der Waals surface area contributed by atoms with Crippen LogP contribution in [0.5, 0.6) is 5.75 Å². The molecule has 0 saturated heterocycles. The zero-order valence-corrected chi connectivity index (χ0v) is 16.7. The summed E-state index contributed by atoms with van der Waals surface area (Å²) in [5.74, 6) is 0.516. The highest BCUT2D eigenvalue weighted by Gasteiger charge is 2.29. The molecule has 1 aliphatic heterocycles. The predicted molar refractivity (Wildman–Crippen MR) is 107 cm³/mol. The minimum Gasteiger partial charge on any atom is -0.497 e. The number of carbonyl (C=O) groups excluding carboxylic acids is 1. The first-order valence-electron chi connectivity index (χ1n) is 9.59. The molecule has 1 amide bonds. The summed E-state index contributed by atoms with van der Waals surface area (Å²) in [5.41, 5.74) is 2.20. The van der Waals surface area contributed by atoms with Crippen LogP contribution in [0, 0.1) is 0 Å². The molecule has 6 nitrogen and oxygen atoms in total. The lowest BCUT2D eigenvalue weighted by atomic mass is 10.1. The van der Waals surface area contributed by atoms with Gasteiger partial charge in [-0.05, 0) is 61.2 Å². The number of nitrogens with one attached hydrogen (secondary N) is 1. The van der Waals surface area contributed by atoms with Crippen molar-refractivity contribution in [3.05, 3.63) is 53.6 Å². The Balaban J connectivity index is 1.57. The number of fused-ring (bicyclic) bond motifs is 1. The van der Waals surface area contributed by atoms with Gasteiger partial charge in [0.2, 0.25) is 10.0 Å². The Bertz CT molecular complexity index is 997. The second kappa shape index (κ2) is 7.56. The Morgan fingerprint density at radius 3 is 2.68 bits per heavy atom. The molecule has 28 heavy (non-hydrogen) atoms. The molecule has 0 bridgehead atoms. The van der Waals surface area contributed by atoms with E-state index in [0.29, 0.717) is 24.3 Å². The quantitative estimate of drug-likeness (QED) is 0.837. The van der Waals surface area contributed by atoms with Gasteiger partial charge in [-0.3, -0.25) is 4.79 Å². The van der Waals surface area contributed by atoms with E-state index in [0.717, 1.165) is 36.9 Å². The Morgan fingerprint density at radius 1 is 1.14 bits per heavy atom. The molecule has 1 aliphatic carbocycles. The van der Waals surface area contributed by atoms with Gasteiger partial charge in [-0.25, -0.2) is 13.1 Å². The van der Waals surface area contributed by atoms with E-state index in [1.165, 1.54) is 0 Å². The molecule has 1 heterocycles. The average molecular weight is 401 g/mol. The second-order valence-corrected chi connectivity index (χ2v) is 9.05. The molecule has 0 radical (unpaired) electrons. The van der Waals surface area contributed by atoms with Crippen LogP contribution in [0.2, 0.25) is 0 Å². The van der Waals surface area contributed by atoms with Gasteiger partial charge in [-0.2, -0.15) is 0 Å². The van der Waals surface area contributed by atoms with Gasteiger partial charge in [-0.15, -0.1) is 0 Å². The SMILES string of the molecule is COc1cccc(C(=O)N2CCc3cc(S(=O)(=O)NC4CCCC4)ccc32)c1. The number of amides is 1. The van der Waals surface area contributed by atoms with E-state index in [1.807, 2.05) is 0 Å². The van der Waals surface area contributed by atoms with Crippen LogP contribution in [0.1, 0.15) is 41.6 Å². The molecular weight excluding hydrogens is 376 g/mol. The van der Waals surface area contributed by atoms with Gasteiger partial charge in [0.25, 0.3) is 5.91 Å². The number of nitrogens with zero attached hydrogens (tertiary/aromatic N) is 1. The van der Waals surface area contributed by atoms with Crippen molar-refractivity contribution in [3.63, 3.8) is 0 Å². The Morgan fingerprint density at radius 2 is 1.93 bits per heavy atom. The van der Waals surface area contributed by atoms with Gasteiger partial charge < -0.3 is 9.64 Å². The smallest absolute Gasteiger partial charge is 0.258 e. The molecule has 2 aromatic carbocycles. The molecule has 1 saturated carbocycles. The van der Waals surface area contributed by atoms with Crippen molar-refractivity contribution >= 4 is 21.6 Å². The molecule has 0 aromatic heterocycles. The molecule has 2 aromatic rings. The van der Waals surface area contributed by atoms with Crippen molar-refractivity contribution in [3.8, 4) is 5.75 Å². The summed E-state index contributed by atoms with van der Waals surface area (Å²) in [5, 5.41) is 0. The third-order valence-corrected chi connectivity index (χ3v) is 7.01. The summed E-state index contributed by atoms with van der Waals surface area (Å²) in [6.07, 6.45) is 4.56. The molecule has 0 atom stereocenters. The van der Waals surface area contributed by atoms with E-state index < -0.39 is 10.0 Å². The van der Waals surface area contributed by atoms with Crippen LogP contribution in [-0.4, -0.2) is 34.0 Å². The molecule has 0 unspecified atom stereocenters.